The monoisotopic (exact) mass is 473 g/mol. The number of hydrogen-bond acceptors (Lipinski definition) is 5. The fourth-order valence-electron chi connectivity index (χ4n) is 3.94. The Balaban J connectivity index is 0.000000569. The Labute approximate surface area is 204 Å². The second kappa shape index (κ2) is 14.8. The van der Waals surface area contributed by atoms with Crippen LogP contribution in [0.1, 0.15) is 57.1 Å². The molecule has 0 bridgehead atoms. The van der Waals surface area contributed by atoms with E-state index in [0.29, 0.717) is 10.7 Å². The van der Waals surface area contributed by atoms with E-state index in [4.69, 9.17) is 26.8 Å². The maximum Gasteiger partial charge on any atom is 0.128 e. The van der Waals surface area contributed by atoms with Gasteiger partial charge in [-0.15, -0.1) is 0 Å². The molecule has 182 valence electrons. The van der Waals surface area contributed by atoms with E-state index in [2.05, 4.69) is 23.4 Å². The summed E-state index contributed by atoms with van der Waals surface area (Å²) in [6.45, 7) is 14.6. The molecule has 0 radical (unpaired) electrons. The third-order valence-corrected chi connectivity index (χ3v) is 6.00. The van der Waals surface area contributed by atoms with E-state index < -0.39 is 0 Å². The van der Waals surface area contributed by atoms with E-state index in [0.717, 1.165) is 74.4 Å². The Kier molecular flexibility index (Phi) is 12.1. The van der Waals surface area contributed by atoms with Gasteiger partial charge in [0.2, 0.25) is 0 Å². The number of nitrogens with two attached hydrogens (primary N) is 1. The molecule has 0 aliphatic carbocycles. The molecule has 0 spiro atoms. The van der Waals surface area contributed by atoms with Gasteiger partial charge in [-0.1, -0.05) is 25.1 Å². The van der Waals surface area contributed by atoms with Crippen LogP contribution in [0.15, 0.2) is 43.1 Å². The van der Waals surface area contributed by atoms with Crippen LogP contribution in [0.4, 0.5) is 5.82 Å². The maximum absolute atomic E-state index is 5.92. The largest absolute Gasteiger partial charge is 0.494 e. The second-order valence-corrected chi connectivity index (χ2v) is 8.89. The number of ether oxygens (including phenoxy) is 2. The van der Waals surface area contributed by atoms with E-state index in [1.165, 1.54) is 19.3 Å². The fraction of sp³-hybridized carbons (Fsp3) is 0.519. The summed E-state index contributed by atoms with van der Waals surface area (Å²) in [5.41, 5.74) is 8.46. The van der Waals surface area contributed by atoms with Crippen molar-refractivity contribution in [2.24, 2.45) is 11.7 Å². The number of halogens is 1. The molecule has 2 aromatic rings. The molecular formula is C27H40ClN3O2. The molecule has 0 atom stereocenters. The molecule has 3 rings (SSSR count). The van der Waals surface area contributed by atoms with Crippen molar-refractivity contribution < 1.29 is 9.47 Å². The van der Waals surface area contributed by atoms with Gasteiger partial charge in [-0.3, -0.25) is 0 Å². The first-order valence-corrected chi connectivity index (χ1v) is 12.4. The van der Waals surface area contributed by atoms with Gasteiger partial charge in [-0.05, 0) is 93.3 Å². The highest BCUT2D eigenvalue weighted by Gasteiger charge is 2.19. The lowest BCUT2D eigenvalue weighted by Gasteiger charge is -2.32. The molecule has 1 aliphatic rings. The summed E-state index contributed by atoms with van der Waals surface area (Å²) < 4.78 is 10.9. The molecule has 0 unspecified atom stereocenters. The zero-order valence-electron chi connectivity index (χ0n) is 20.5. The van der Waals surface area contributed by atoms with Crippen LogP contribution >= 0.6 is 11.6 Å². The minimum Gasteiger partial charge on any atom is -0.494 e. The van der Waals surface area contributed by atoms with Crippen molar-refractivity contribution in [2.45, 2.75) is 52.9 Å². The topological polar surface area (TPSA) is 60.6 Å². The van der Waals surface area contributed by atoms with E-state index >= 15 is 0 Å². The first-order chi connectivity index (χ1) is 15.9. The third-order valence-electron chi connectivity index (χ3n) is 5.77. The van der Waals surface area contributed by atoms with Gasteiger partial charge in [0, 0.05) is 38.2 Å². The average Bonchev–Trinajstić information content (AvgIpc) is 2.82. The number of nitrogens with zero attached hydrogens (tertiary/aromatic N) is 2. The normalized spacial score (nSPS) is 13.9. The molecule has 2 heterocycles. The van der Waals surface area contributed by atoms with E-state index in [-0.39, 0.29) is 0 Å². The van der Waals surface area contributed by atoms with Gasteiger partial charge in [0.25, 0.3) is 0 Å². The van der Waals surface area contributed by atoms with Crippen LogP contribution in [0.3, 0.4) is 0 Å². The van der Waals surface area contributed by atoms with Crippen molar-refractivity contribution >= 4 is 23.1 Å². The number of aryl methyl sites for hydroxylation is 1. The Morgan fingerprint density at radius 1 is 1.18 bits per heavy atom. The molecule has 1 aromatic heterocycles. The summed E-state index contributed by atoms with van der Waals surface area (Å²) in [4.78, 5) is 6.77. The van der Waals surface area contributed by atoms with Crippen LogP contribution in [0, 0.1) is 12.8 Å². The number of piperidine rings is 1. The molecule has 33 heavy (non-hydrogen) atoms. The molecule has 6 heteroatoms. The molecule has 0 saturated carbocycles. The summed E-state index contributed by atoms with van der Waals surface area (Å²) >= 11 is 5.92. The number of aromatic nitrogens is 1. The molecule has 2 N–H and O–H groups in total. The van der Waals surface area contributed by atoms with Gasteiger partial charge in [0.15, 0.2) is 0 Å². The minimum absolute atomic E-state index is 0.596. The highest BCUT2D eigenvalue weighted by atomic mass is 35.5. The Morgan fingerprint density at radius 2 is 1.94 bits per heavy atom. The first kappa shape index (κ1) is 27.0. The van der Waals surface area contributed by atoms with Gasteiger partial charge in [0.05, 0.1) is 11.6 Å². The molecule has 0 amide bonds. The summed E-state index contributed by atoms with van der Waals surface area (Å²) in [5.74, 6) is 2.70. The van der Waals surface area contributed by atoms with Gasteiger partial charge in [-0.2, -0.15) is 0 Å². The van der Waals surface area contributed by atoms with E-state index in [1.54, 1.807) is 6.20 Å². The van der Waals surface area contributed by atoms with Gasteiger partial charge >= 0.3 is 0 Å². The maximum atomic E-state index is 5.92. The van der Waals surface area contributed by atoms with Gasteiger partial charge < -0.3 is 20.1 Å². The summed E-state index contributed by atoms with van der Waals surface area (Å²) in [6.07, 6.45) is 7.55. The van der Waals surface area contributed by atoms with Crippen molar-refractivity contribution in [1.82, 2.24) is 4.98 Å². The Hall–Kier alpha value is -2.24. The average molecular weight is 474 g/mol. The van der Waals surface area contributed by atoms with Crippen molar-refractivity contribution in [3.8, 4) is 5.75 Å². The van der Waals surface area contributed by atoms with Crippen molar-refractivity contribution in [3.05, 3.63) is 59.3 Å². The van der Waals surface area contributed by atoms with Crippen LogP contribution in [-0.2, 0) is 4.74 Å². The smallest absolute Gasteiger partial charge is 0.128 e. The molecular weight excluding hydrogens is 434 g/mol. The van der Waals surface area contributed by atoms with Crippen molar-refractivity contribution in [2.75, 3.05) is 37.8 Å². The highest BCUT2D eigenvalue weighted by Crippen LogP contribution is 2.26. The summed E-state index contributed by atoms with van der Waals surface area (Å²) in [5, 5.41) is 0.687. The molecule has 1 saturated heterocycles. The number of rotatable bonds is 10. The van der Waals surface area contributed by atoms with Crippen molar-refractivity contribution in [1.29, 1.82) is 0 Å². The number of anilines is 1. The zero-order valence-corrected chi connectivity index (χ0v) is 21.2. The number of hydrogen-bond donors (Lipinski definition) is 1. The van der Waals surface area contributed by atoms with Crippen LogP contribution in [0.2, 0.25) is 5.02 Å². The zero-order chi connectivity index (χ0) is 24.1. The molecule has 1 fully saturated rings. The molecule has 1 aliphatic heterocycles. The molecule has 1 aromatic carbocycles. The SMILES string of the molecule is C=C(N)c1ccc(OCCCC2CCN(c3ccc(Cl)cn3)CC2)cc1C.CCCOCC. The van der Waals surface area contributed by atoms with Gasteiger partial charge in [0.1, 0.15) is 11.6 Å². The first-order valence-electron chi connectivity index (χ1n) is 12.1. The van der Waals surface area contributed by atoms with Crippen LogP contribution in [0.5, 0.6) is 5.75 Å². The predicted octanol–water partition coefficient (Wildman–Crippen LogP) is 6.48. The van der Waals surface area contributed by atoms with Crippen LogP contribution < -0.4 is 15.4 Å². The second-order valence-electron chi connectivity index (χ2n) is 8.45. The minimum atomic E-state index is 0.596. The lowest BCUT2D eigenvalue weighted by molar-refractivity contribution is 0.148. The number of benzene rings is 1. The lowest BCUT2D eigenvalue weighted by atomic mass is 9.92. The number of pyridine rings is 1. The third kappa shape index (κ3) is 9.65. The predicted molar refractivity (Wildman–Crippen MR) is 140 cm³/mol. The van der Waals surface area contributed by atoms with Gasteiger partial charge in [-0.25, -0.2) is 4.98 Å². The van der Waals surface area contributed by atoms with E-state index in [9.17, 15) is 0 Å². The molecule has 5 nitrogen and oxygen atoms in total. The Bertz CT molecular complexity index is 830. The fourth-order valence-corrected chi connectivity index (χ4v) is 4.05. The van der Waals surface area contributed by atoms with Crippen LogP contribution in [0.25, 0.3) is 5.70 Å². The summed E-state index contributed by atoms with van der Waals surface area (Å²) in [6, 6.07) is 9.89. The lowest BCUT2D eigenvalue weighted by Crippen LogP contribution is -2.34. The standard InChI is InChI=1S/C22H28ClN3O.C5H12O/c1-16-14-20(6-7-21(16)17(2)24)27-13-3-4-18-9-11-26(12-10-18)22-8-5-19(23)15-25-22;1-3-5-6-4-2/h5-8,14-15,18H,2-4,9-13,24H2,1H3;3-5H2,1-2H3. The highest BCUT2D eigenvalue weighted by molar-refractivity contribution is 6.30. The quantitative estimate of drug-likeness (QED) is 0.400. The van der Waals surface area contributed by atoms with E-state index in [1.807, 2.05) is 44.2 Å². The Morgan fingerprint density at radius 3 is 2.48 bits per heavy atom. The van der Waals surface area contributed by atoms with Crippen molar-refractivity contribution in [3.63, 3.8) is 0 Å². The summed E-state index contributed by atoms with van der Waals surface area (Å²) in [7, 11) is 0. The van der Waals surface area contributed by atoms with Crippen LogP contribution in [-0.4, -0.2) is 37.9 Å².